The minimum Gasteiger partial charge on any atom is -0.360 e. The van der Waals surface area contributed by atoms with E-state index in [1.54, 1.807) is 24.3 Å². The summed E-state index contributed by atoms with van der Waals surface area (Å²) < 4.78 is 4.88. The van der Waals surface area contributed by atoms with Crippen LogP contribution in [0.15, 0.2) is 16.0 Å². The summed E-state index contributed by atoms with van der Waals surface area (Å²) >= 11 is 1.56. The van der Waals surface area contributed by atoms with Crippen molar-refractivity contribution in [2.75, 3.05) is 19.4 Å². The molecule has 0 spiro atoms. The first kappa shape index (κ1) is 13.7. The van der Waals surface area contributed by atoms with E-state index >= 15 is 0 Å². The zero-order chi connectivity index (χ0) is 13.8. The van der Waals surface area contributed by atoms with Gasteiger partial charge in [0.2, 0.25) is 5.91 Å². The van der Waals surface area contributed by atoms with Gasteiger partial charge in [-0.1, -0.05) is 5.16 Å². The van der Waals surface area contributed by atoms with Crippen molar-refractivity contribution in [3.8, 4) is 0 Å². The summed E-state index contributed by atoms with van der Waals surface area (Å²) in [7, 11) is 3.97. The lowest BCUT2D eigenvalue weighted by atomic mass is 10.3. The maximum absolute atomic E-state index is 11.8. The Morgan fingerprint density at radius 3 is 2.95 bits per heavy atom. The predicted molar refractivity (Wildman–Crippen MR) is 73.1 cm³/mol. The Morgan fingerprint density at radius 1 is 1.53 bits per heavy atom. The molecule has 1 N–H and O–H groups in total. The molecule has 0 aromatic carbocycles. The Labute approximate surface area is 115 Å². The quantitative estimate of drug-likeness (QED) is 0.902. The second kappa shape index (κ2) is 5.94. The molecule has 6 nitrogen and oxygen atoms in total. The second-order valence-electron chi connectivity index (χ2n) is 4.52. The number of nitrogens with zero attached hydrogens (tertiary/aromatic N) is 3. The number of rotatable bonds is 5. The SMILES string of the molecule is Cc1cc(NC(=O)Cc2csc(CN(C)C)n2)no1. The molecule has 102 valence electrons. The van der Waals surface area contributed by atoms with Crippen molar-refractivity contribution in [2.24, 2.45) is 0 Å². The fraction of sp³-hybridized carbons (Fsp3) is 0.417. The van der Waals surface area contributed by atoms with E-state index < -0.39 is 0 Å². The van der Waals surface area contributed by atoms with Crippen LogP contribution in [0, 0.1) is 6.92 Å². The molecule has 1 amide bonds. The van der Waals surface area contributed by atoms with Gasteiger partial charge in [-0.2, -0.15) is 0 Å². The molecule has 0 aliphatic heterocycles. The van der Waals surface area contributed by atoms with E-state index in [9.17, 15) is 4.79 Å². The van der Waals surface area contributed by atoms with Gasteiger partial charge in [0.25, 0.3) is 0 Å². The van der Waals surface area contributed by atoms with Gasteiger partial charge in [0.1, 0.15) is 10.8 Å². The van der Waals surface area contributed by atoms with Crippen molar-refractivity contribution in [1.29, 1.82) is 0 Å². The molecule has 0 bridgehead atoms. The van der Waals surface area contributed by atoms with Gasteiger partial charge < -0.3 is 14.7 Å². The molecule has 2 rings (SSSR count). The van der Waals surface area contributed by atoms with Crippen molar-refractivity contribution < 1.29 is 9.32 Å². The third-order valence-electron chi connectivity index (χ3n) is 2.29. The average molecular weight is 280 g/mol. The maximum Gasteiger partial charge on any atom is 0.231 e. The van der Waals surface area contributed by atoms with E-state index in [0.29, 0.717) is 11.6 Å². The third kappa shape index (κ3) is 4.15. The van der Waals surface area contributed by atoms with Crippen LogP contribution in [0.5, 0.6) is 0 Å². The van der Waals surface area contributed by atoms with E-state index in [-0.39, 0.29) is 12.3 Å². The van der Waals surface area contributed by atoms with Crippen molar-refractivity contribution in [3.63, 3.8) is 0 Å². The van der Waals surface area contributed by atoms with Crippen LogP contribution in [0.1, 0.15) is 16.5 Å². The molecular formula is C12H16N4O2S. The number of carbonyl (C=O) groups is 1. The molecule has 0 aliphatic carbocycles. The largest absolute Gasteiger partial charge is 0.360 e. The van der Waals surface area contributed by atoms with Gasteiger partial charge in [-0.15, -0.1) is 11.3 Å². The highest BCUT2D eigenvalue weighted by Gasteiger charge is 2.10. The fourth-order valence-electron chi connectivity index (χ4n) is 1.55. The summed E-state index contributed by atoms with van der Waals surface area (Å²) in [5.74, 6) is 0.957. The average Bonchev–Trinajstić information content (AvgIpc) is 2.88. The highest BCUT2D eigenvalue weighted by Crippen LogP contribution is 2.13. The minimum absolute atomic E-state index is 0.144. The molecule has 2 aromatic heterocycles. The van der Waals surface area contributed by atoms with Gasteiger partial charge in [0.15, 0.2) is 5.82 Å². The number of aromatic nitrogens is 2. The number of carbonyl (C=O) groups excluding carboxylic acids is 1. The first-order chi connectivity index (χ1) is 9.02. The number of hydrogen-bond donors (Lipinski definition) is 1. The highest BCUT2D eigenvalue weighted by atomic mass is 32.1. The lowest BCUT2D eigenvalue weighted by molar-refractivity contribution is -0.115. The first-order valence-corrected chi connectivity index (χ1v) is 6.72. The van der Waals surface area contributed by atoms with Gasteiger partial charge in [-0.25, -0.2) is 4.98 Å². The van der Waals surface area contributed by atoms with Gasteiger partial charge in [0, 0.05) is 18.0 Å². The Morgan fingerprint density at radius 2 is 2.32 bits per heavy atom. The monoisotopic (exact) mass is 280 g/mol. The molecule has 7 heteroatoms. The number of amides is 1. The van der Waals surface area contributed by atoms with Crippen molar-refractivity contribution in [1.82, 2.24) is 15.0 Å². The van der Waals surface area contributed by atoms with Crippen molar-refractivity contribution in [3.05, 3.63) is 27.9 Å². The zero-order valence-electron chi connectivity index (χ0n) is 11.1. The van der Waals surface area contributed by atoms with Crippen LogP contribution < -0.4 is 5.32 Å². The van der Waals surface area contributed by atoms with Crippen LogP contribution >= 0.6 is 11.3 Å². The zero-order valence-corrected chi connectivity index (χ0v) is 12.0. The van der Waals surface area contributed by atoms with Gasteiger partial charge in [-0.05, 0) is 21.0 Å². The smallest absolute Gasteiger partial charge is 0.231 e. The standard InChI is InChI=1S/C12H16N4O2S/c1-8-4-10(15-18-8)14-11(17)5-9-7-19-12(13-9)6-16(2)3/h4,7H,5-6H2,1-3H3,(H,14,15,17). The van der Waals surface area contributed by atoms with Crippen LogP contribution in [0.25, 0.3) is 0 Å². The predicted octanol–water partition coefficient (Wildman–Crippen LogP) is 1.68. The van der Waals surface area contributed by atoms with Crippen LogP contribution in [-0.4, -0.2) is 35.0 Å². The van der Waals surface area contributed by atoms with Crippen LogP contribution in [-0.2, 0) is 17.8 Å². The lowest BCUT2D eigenvalue weighted by Gasteiger charge is -2.05. The van der Waals surface area contributed by atoms with E-state index in [4.69, 9.17) is 4.52 Å². The normalized spacial score (nSPS) is 10.9. The third-order valence-corrected chi connectivity index (χ3v) is 3.17. The number of aryl methyl sites for hydroxylation is 1. The van der Waals surface area contributed by atoms with E-state index in [2.05, 4.69) is 15.5 Å². The maximum atomic E-state index is 11.8. The first-order valence-electron chi connectivity index (χ1n) is 5.84. The van der Waals surface area contributed by atoms with E-state index in [1.807, 2.05) is 24.4 Å². The number of hydrogen-bond acceptors (Lipinski definition) is 6. The number of thiazole rings is 1. The van der Waals surface area contributed by atoms with Crippen LogP contribution in [0.2, 0.25) is 0 Å². The summed E-state index contributed by atoms with van der Waals surface area (Å²) in [6, 6.07) is 1.68. The van der Waals surface area contributed by atoms with E-state index in [0.717, 1.165) is 17.2 Å². The number of anilines is 1. The summed E-state index contributed by atoms with van der Waals surface area (Å²) in [5, 5.41) is 9.30. The Hall–Kier alpha value is -1.73. The molecule has 0 fully saturated rings. The molecule has 0 atom stereocenters. The van der Waals surface area contributed by atoms with Crippen LogP contribution in [0.3, 0.4) is 0 Å². The topological polar surface area (TPSA) is 71.3 Å². The molecule has 19 heavy (non-hydrogen) atoms. The van der Waals surface area contributed by atoms with Crippen LogP contribution in [0.4, 0.5) is 5.82 Å². The van der Waals surface area contributed by atoms with Crippen molar-refractivity contribution in [2.45, 2.75) is 19.9 Å². The van der Waals surface area contributed by atoms with Gasteiger partial charge in [0.05, 0.1) is 12.1 Å². The Balaban J connectivity index is 1.90. The lowest BCUT2D eigenvalue weighted by Crippen LogP contribution is -2.15. The molecule has 2 heterocycles. The summed E-state index contributed by atoms with van der Waals surface area (Å²) in [6.07, 6.45) is 0.246. The molecule has 0 saturated carbocycles. The summed E-state index contributed by atoms with van der Waals surface area (Å²) in [6.45, 7) is 2.56. The second-order valence-corrected chi connectivity index (χ2v) is 5.46. The summed E-state index contributed by atoms with van der Waals surface area (Å²) in [5.41, 5.74) is 0.777. The molecule has 0 saturated heterocycles. The summed E-state index contributed by atoms with van der Waals surface area (Å²) in [4.78, 5) is 18.2. The molecule has 0 aliphatic rings. The molecular weight excluding hydrogens is 264 g/mol. The van der Waals surface area contributed by atoms with E-state index in [1.165, 1.54) is 0 Å². The molecule has 0 unspecified atom stereocenters. The Kier molecular flexibility index (Phi) is 4.28. The Bertz CT molecular complexity index is 562. The number of nitrogens with one attached hydrogen (secondary N) is 1. The van der Waals surface area contributed by atoms with Gasteiger partial charge >= 0.3 is 0 Å². The minimum atomic E-state index is -0.144. The van der Waals surface area contributed by atoms with Crippen molar-refractivity contribution >= 4 is 23.1 Å². The highest BCUT2D eigenvalue weighted by molar-refractivity contribution is 7.09. The molecule has 0 radical (unpaired) electrons. The molecule has 2 aromatic rings. The van der Waals surface area contributed by atoms with Gasteiger partial charge in [-0.3, -0.25) is 4.79 Å². The fourth-order valence-corrected chi connectivity index (χ4v) is 2.46.